The van der Waals surface area contributed by atoms with Crippen molar-refractivity contribution in [2.24, 2.45) is 0 Å². The quantitative estimate of drug-likeness (QED) is 0.816. The van der Waals surface area contributed by atoms with Gasteiger partial charge in [-0.15, -0.1) is 11.3 Å². The summed E-state index contributed by atoms with van der Waals surface area (Å²) in [7, 11) is -3.63. The highest BCUT2D eigenvalue weighted by Gasteiger charge is 2.20. The first-order valence-electron chi connectivity index (χ1n) is 6.26. The second-order valence-electron chi connectivity index (χ2n) is 4.76. The molecule has 0 amide bonds. The number of halogens is 1. The molecule has 0 aliphatic rings. The Morgan fingerprint density at radius 3 is 2.81 bits per heavy atom. The van der Waals surface area contributed by atoms with Crippen molar-refractivity contribution in [3.05, 3.63) is 39.3 Å². The van der Waals surface area contributed by atoms with Crippen molar-refractivity contribution in [3.8, 4) is 0 Å². The first kappa shape index (κ1) is 16.2. The van der Waals surface area contributed by atoms with E-state index in [1.54, 1.807) is 19.2 Å². The van der Waals surface area contributed by atoms with Crippen LogP contribution in [0.15, 0.2) is 28.6 Å². The molecule has 0 aliphatic carbocycles. The zero-order valence-electron chi connectivity index (χ0n) is 11.6. The van der Waals surface area contributed by atoms with Crippen LogP contribution in [0, 0.1) is 6.92 Å². The predicted molar refractivity (Wildman–Crippen MR) is 86.3 cm³/mol. The van der Waals surface area contributed by atoms with Crippen molar-refractivity contribution in [2.75, 3.05) is 12.3 Å². The van der Waals surface area contributed by atoms with Crippen LogP contribution in [0.3, 0.4) is 0 Å². The Morgan fingerprint density at radius 2 is 2.19 bits per heavy atom. The van der Waals surface area contributed by atoms with Crippen molar-refractivity contribution in [3.63, 3.8) is 0 Å². The van der Waals surface area contributed by atoms with Crippen LogP contribution in [0.5, 0.6) is 0 Å². The van der Waals surface area contributed by atoms with Gasteiger partial charge in [-0.3, -0.25) is 0 Å². The number of anilines is 1. The van der Waals surface area contributed by atoms with Crippen LogP contribution in [0.1, 0.15) is 23.4 Å². The molecule has 1 unspecified atom stereocenters. The minimum atomic E-state index is -3.63. The molecule has 2 aromatic rings. The van der Waals surface area contributed by atoms with Crippen LogP contribution in [-0.4, -0.2) is 19.9 Å². The van der Waals surface area contributed by atoms with Gasteiger partial charge in [0, 0.05) is 24.0 Å². The summed E-state index contributed by atoms with van der Waals surface area (Å²) < 4.78 is 27.3. The molecule has 0 radical (unpaired) electrons. The second-order valence-corrected chi connectivity index (χ2v) is 7.83. The zero-order valence-corrected chi connectivity index (χ0v) is 14.0. The van der Waals surface area contributed by atoms with Gasteiger partial charge in [-0.1, -0.05) is 18.5 Å². The van der Waals surface area contributed by atoms with Crippen LogP contribution < -0.4 is 10.5 Å². The number of sulfonamides is 1. The Kier molecular flexibility index (Phi) is 4.88. The van der Waals surface area contributed by atoms with E-state index in [-0.39, 0.29) is 23.0 Å². The number of aromatic nitrogens is 1. The molecule has 3 N–H and O–H groups in total. The Labute approximate surface area is 133 Å². The molecule has 1 aromatic carbocycles. The topological polar surface area (TPSA) is 85.1 Å². The van der Waals surface area contributed by atoms with Crippen LogP contribution >= 0.6 is 22.9 Å². The minimum Gasteiger partial charge on any atom is -0.397 e. The minimum absolute atomic E-state index is 0.00438. The molecule has 2 rings (SSSR count). The van der Waals surface area contributed by atoms with Gasteiger partial charge in [0.25, 0.3) is 0 Å². The molecule has 0 spiro atoms. The molecule has 5 nitrogen and oxygen atoms in total. The fourth-order valence-electron chi connectivity index (χ4n) is 1.84. The van der Waals surface area contributed by atoms with Crippen molar-refractivity contribution in [1.29, 1.82) is 0 Å². The summed E-state index contributed by atoms with van der Waals surface area (Å²) in [5.74, 6) is 0.00438. The average Bonchev–Trinajstić information content (AvgIpc) is 2.94. The lowest BCUT2D eigenvalue weighted by atomic mass is 10.2. The van der Waals surface area contributed by atoms with E-state index in [2.05, 4.69) is 9.71 Å². The third-order valence-electron chi connectivity index (χ3n) is 3.04. The summed E-state index contributed by atoms with van der Waals surface area (Å²) in [4.78, 5) is 4.33. The summed E-state index contributed by atoms with van der Waals surface area (Å²) in [6.45, 7) is 3.88. The Hall–Kier alpha value is -1.15. The van der Waals surface area contributed by atoms with E-state index in [1.165, 1.54) is 17.4 Å². The van der Waals surface area contributed by atoms with E-state index < -0.39 is 10.0 Å². The molecular formula is C13H16ClN3O2S2. The summed E-state index contributed by atoms with van der Waals surface area (Å²) in [6.07, 6.45) is 1.70. The summed E-state index contributed by atoms with van der Waals surface area (Å²) in [6, 6.07) is 2.93. The van der Waals surface area contributed by atoms with Gasteiger partial charge in [-0.05, 0) is 24.6 Å². The molecule has 8 heteroatoms. The number of aryl methyl sites for hydroxylation is 1. The highest BCUT2D eigenvalue weighted by molar-refractivity contribution is 7.89. The molecule has 21 heavy (non-hydrogen) atoms. The first-order chi connectivity index (χ1) is 9.81. The molecule has 0 fully saturated rings. The van der Waals surface area contributed by atoms with E-state index in [4.69, 9.17) is 17.3 Å². The Morgan fingerprint density at radius 1 is 1.48 bits per heavy atom. The van der Waals surface area contributed by atoms with Gasteiger partial charge >= 0.3 is 0 Å². The number of hydrogen-bond donors (Lipinski definition) is 2. The van der Waals surface area contributed by atoms with Crippen molar-refractivity contribution < 1.29 is 8.42 Å². The van der Waals surface area contributed by atoms with Gasteiger partial charge in [0.05, 0.1) is 20.6 Å². The number of hydrogen-bond acceptors (Lipinski definition) is 5. The summed E-state index contributed by atoms with van der Waals surface area (Å²) in [5, 5.41) is 3.11. The first-order valence-corrected chi connectivity index (χ1v) is 9.00. The third-order valence-corrected chi connectivity index (χ3v) is 5.94. The van der Waals surface area contributed by atoms with Gasteiger partial charge in [0.2, 0.25) is 10.0 Å². The molecule has 1 atom stereocenters. The molecular weight excluding hydrogens is 330 g/mol. The normalized spacial score (nSPS) is 13.3. The molecule has 0 aliphatic heterocycles. The van der Waals surface area contributed by atoms with Crippen LogP contribution in [0.25, 0.3) is 0 Å². The Balaban J connectivity index is 2.17. The second kappa shape index (κ2) is 6.31. The van der Waals surface area contributed by atoms with Gasteiger partial charge in [-0.25, -0.2) is 18.1 Å². The maximum absolute atomic E-state index is 12.4. The number of benzene rings is 1. The van der Waals surface area contributed by atoms with Crippen LogP contribution in [0.4, 0.5) is 5.69 Å². The van der Waals surface area contributed by atoms with E-state index in [0.717, 1.165) is 5.01 Å². The largest absolute Gasteiger partial charge is 0.397 e. The monoisotopic (exact) mass is 345 g/mol. The zero-order chi connectivity index (χ0) is 15.6. The highest BCUT2D eigenvalue weighted by atomic mass is 35.5. The molecule has 0 bridgehead atoms. The Bertz CT molecular complexity index is 730. The number of nitrogen functional groups attached to an aromatic ring is 1. The number of rotatable bonds is 5. The van der Waals surface area contributed by atoms with E-state index in [0.29, 0.717) is 10.6 Å². The smallest absolute Gasteiger partial charge is 0.240 e. The number of nitrogens with zero attached hydrogens (tertiary/aromatic N) is 1. The van der Waals surface area contributed by atoms with E-state index in [1.807, 2.05) is 12.3 Å². The van der Waals surface area contributed by atoms with E-state index >= 15 is 0 Å². The lowest BCUT2D eigenvalue weighted by molar-refractivity contribution is 0.574. The SMILES string of the molecule is Cc1cc(Cl)c(N)cc1S(=O)(=O)NCC(C)c1nccs1. The fourth-order valence-corrected chi connectivity index (χ4v) is 4.14. The number of thiazole rings is 1. The maximum Gasteiger partial charge on any atom is 0.240 e. The lowest BCUT2D eigenvalue weighted by Crippen LogP contribution is -2.28. The average molecular weight is 346 g/mol. The van der Waals surface area contributed by atoms with Crippen molar-refractivity contribution in [2.45, 2.75) is 24.7 Å². The summed E-state index contributed by atoms with van der Waals surface area (Å²) in [5.41, 5.74) is 6.49. The molecule has 0 saturated carbocycles. The molecule has 0 saturated heterocycles. The standard InChI is InChI=1S/C13H16ClN3O2S2/c1-8-5-10(14)11(15)6-12(8)21(18,19)17-7-9(2)13-16-3-4-20-13/h3-6,9,17H,7,15H2,1-2H3. The molecule has 114 valence electrons. The number of nitrogens with two attached hydrogens (primary N) is 1. The number of nitrogens with one attached hydrogen (secondary N) is 1. The summed E-state index contributed by atoms with van der Waals surface area (Å²) >= 11 is 7.39. The van der Waals surface area contributed by atoms with E-state index in [9.17, 15) is 8.42 Å². The lowest BCUT2D eigenvalue weighted by Gasteiger charge is -2.13. The van der Waals surface area contributed by atoms with Crippen molar-refractivity contribution in [1.82, 2.24) is 9.71 Å². The van der Waals surface area contributed by atoms with Gasteiger partial charge in [0.15, 0.2) is 0 Å². The van der Waals surface area contributed by atoms with Gasteiger partial charge < -0.3 is 5.73 Å². The van der Waals surface area contributed by atoms with Gasteiger partial charge in [0.1, 0.15) is 0 Å². The van der Waals surface area contributed by atoms with Crippen LogP contribution in [-0.2, 0) is 10.0 Å². The van der Waals surface area contributed by atoms with Crippen LogP contribution in [0.2, 0.25) is 5.02 Å². The van der Waals surface area contributed by atoms with Crippen molar-refractivity contribution >= 4 is 38.6 Å². The maximum atomic E-state index is 12.4. The predicted octanol–water partition coefficient (Wildman–Crippen LogP) is 2.77. The molecule has 1 aromatic heterocycles. The van der Waals surface area contributed by atoms with Gasteiger partial charge in [-0.2, -0.15) is 0 Å². The third kappa shape index (κ3) is 3.74. The molecule has 1 heterocycles. The highest BCUT2D eigenvalue weighted by Crippen LogP contribution is 2.26. The fraction of sp³-hybridized carbons (Fsp3) is 0.308.